The van der Waals surface area contributed by atoms with Gasteiger partial charge >= 0.3 is 0 Å². The van der Waals surface area contributed by atoms with Gasteiger partial charge < -0.3 is 9.80 Å². The second-order valence-corrected chi connectivity index (χ2v) is 6.35. The molecular formula is C20H18F2N2O3. The van der Waals surface area contributed by atoms with Gasteiger partial charge in [-0.05, 0) is 30.2 Å². The monoisotopic (exact) mass is 372 g/mol. The minimum Gasteiger partial charge on any atom is -0.314 e. The van der Waals surface area contributed by atoms with E-state index in [9.17, 15) is 23.2 Å². The second kappa shape index (κ2) is 6.90. The second-order valence-electron chi connectivity index (χ2n) is 6.35. The number of Topliss-reactive ketones (excluding diaryl/α,β-unsaturated/α-hetero) is 1. The van der Waals surface area contributed by atoms with E-state index in [1.54, 1.807) is 18.2 Å². The third kappa shape index (κ3) is 2.99. The van der Waals surface area contributed by atoms with Crippen LogP contribution in [0.4, 0.5) is 20.2 Å². The number of hydrogen-bond acceptors (Lipinski definition) is 3. The molecule has 1 aliphatic heterocycles. The number of aryl methyl sites for hydroxylation is 1. The van der Waals surface area contributed by atoms with E-state index in [0.717, 1.165) is 22.6 Å². The molecule has 2 aromatic carbocycles. The maximum atomic E-state index is 14.0. The number of carbonyl (C=O) groups excluding carboxylic acids is 3. The topological polar surface area (TPSA) is 57.7 Å². The van der Waals surface area contributed by atoms with Crippen molar-refractivity contribution in [1.29, 1.82) is 0 Å². The Balaban J connectivity index is 2.04. The van der Waals surface area contributed by atoms with Crippen molar-refractivity contribution in [3.63, 3.8) is 0 Å². The minimum atomic E-state index is -1.61. The molecule has 27 heavy (non-hydrogen) atoms. The van der Waals surface area contributed by atoms with Gasteiger partial charge in [0, 0.05) is 25.7 Å². The molecule has 0 fully saturated rings. The molecule has 0 bridgehead atoms. The minimum absolute atomic E-state index is 0.209. The normalized spacial score (nSPS) is 16.3. The first-order chi connectivity index (χ1) is 12.8. The molecule has 140 valence electrons. The Morgan fingerprint density at radius 2 is 1.89 bits per heavy atom. The summed E-state index contributed by atoms with van der Waals surface area (Å²) in [6, 6.07) is 7.90. The molecule has 1 unspecified atom stereocenters. The highest BCUT2D eigenvalue weighted by molar-refractivity contribution is 6.33. The van der Waals surface area contributed by atoms with Gasteiger partial charge in [0.1, 0.15) is 11.6 Å². The highest BCUT2D eigenvalue weighted by atomic mass is 19.1. The molecule has 1 heterocycles. The largest absolute Gasteiger partial charge is 0.314 e. The Bertz CT molecular complexity index is 958. The highest BCUT2D eigenvalue weighted by Gasteiger charge is 2.45. The summed E-state index contributed by atoms with van der Waals surface area (Å²) in [7, 11) is 2.74. The third-order valence-corrected chi connectivity index (χ3v) is 4.81. The van der Waals surface area contributed by atoms with Crippen LogP contribution in [0.3, 0.4) is 0 Å². The van der Waals surface area contributed by atoms with Crippen molar-refractivity contribution in [2.24, 2.45) is 5.92 Å². The van der Waals surface area contributed by atoms with Crippen molar-refractivity contribution in [2.45, 2.75) is 13.3 Å². The number of amides is 2. The fourth-order valence-corrected chi connectivity index (χ4v) is 3.30. The van der Waals surface area contributed by atoms with E-state index in [1.165, 1.54) is 19.0 Å². The van der Waals surface area contributed by atoms with Crippen LogP contribution in [0.2, 0.25) is 0 Å². The van der Waals surface area contributed by atoms with E-state index in [0.29, 0.717) is 23.7 Å². The quantitative estimate of drug-likeness (QED) is 0.779. The van der Waals surface area contributed by atoms with E-state index in [2.05, 4.69) is 0 Å². The number of carbonyl (C=O) groups is 3. The lowest BCUT2D eigenvalue weighted by atomic mass is 9.86. The van der Waals surface area contributed by atoms with Crippen molar-refractivity contribution in [2.75, 3.05) is 23.9 Å². The first-order valence-electron chi connectivity index (χ1n) is 8.44. The van der Waals surface area contributed by atoms with Gasteiger partial charge in [-0.1, -0.05) is 19.1 Å². The smallest absolute Gasteiger partial charge is 0.247 e. The molecule has 7 heteroatoms. The average molecular weight is 372 g/mol. The number of benzene rings is 2. The van der Waals surface area contributed by atoms with Gasteiger partial charge in [-0.3, -0.25) is 14.4 Å². The van der Waals surface area contributed by atoms with E-state index in [-0.39, 0.29) is 5.69 Å². The van der Waals surface area contributed by atoms with Crippen molar-refractivity contribution < 1.29 is 23.2 Å². The van der Waals surface area contributed by atoms with Gasteiger partial charge in [-0.2, -0.15) is 0 Å². The molecule has 0 N–H and O–H groups in total. The van der Waals surface area contributed by atoms with E-state index in [4.69, 9.17) is 0 Å². The molecule has 1 aliphatic rings. The zero-order valence-electron chi connectivity index (χ0n) is 15.1. The van der Waals surface area contributed by atoms with Gasteiger partial charge in [-0.25, -0.2) is 8.78 Å². The predicted octanol–water partition coefficient (Wildman–Crippen LogP) is 2.97. The van der Waals surface area contributed by atoms with Crippen LogP contribution in [0.5, 0.6) is 0 Å². The van der Waals surface area contributed by atoms with Gasteiger partial charge in [-0.15, -0.1) is 0 Å². The number of rotatable bonds is 3. The fraction of sp³-hybridized carbons (Fsp3) is 0.250. The Hall–Kier alpha value is -3.09. The summed E-state index contributed by atoms with van der Waals surface area (Å²) >= 11 is 0. The molecule has 5 nitrogen and oxygen atoms in total. The van der Waals surface area contributed by atoms with Crippen LogP contribution in [0.25, 0.3) is 0 Å². The molecule has 0 saturated heterocycles. The van der Waals surface area contributed by atoms with Crippen LogP contribution in [0.15, 0.2) is 36.4 Å². The summed E-state index contributed by atoms with van der Waals surface area (Å²) in [6.45, 7) is 1.87. The first kappa shape index (κ1) is 18.7. The van der Waals surface area contributed by atoms with Gasteiger partial charge in [0.15, 0.2) is 11.7 Å². The zero-order valence-corrected chi connectivity index (χ0v) is 15.1. The molecule has 0 aliphatic carbocycles. The fourth-order valence-electron chi connectivity index (χ4n) is 3.30. The highest BCUT2D eigenvalue weighted by Crippen LogP contribution is 2.34. The van der Waals surface area contributed by atoms with Crippen LogP contribution in [-0.2, 0) is 16.0 Å². The van der Waals surface area contributed by atoms with Crippen LogP contribution < -0.4 is 9.80 Å². The van der Waals surface area contributed by atoms with E-state index in [1.807, 2.05) is 6.92 Å². The summed E-state index contributed by atoms with van der Waals surface area (Å²) in [5, 5.41) is 0. The SMILES string of the molecule is CCc1cccc2c1C(=O)C(C(=O)N(C)c1ccc(F)cc1F)C(=O)N2C. The standard InChI is InChI=1S/C20H18F2N2O3/c1-4-11-6-5-7-15-16(11)18(25)17(20(27)24(15)3)19(26)23(2)14-9-8-12(21)10-13(14)22/h5-10,17H,4H2,1-3H3. The molecular weight excluding hydrogens is 354 g/mol. The lowest BCUT2D eigenvalue weighted by Gasteiger charge is -2.32. The number of nitrogens with zero attached hydrogens (tertiary/aromatic N) is 2. The third-order valence-electron chi connectivity index (χ3n) is 4.81. The zero-order chi connectivity index (χ0) is 19.9. The molecule has 2 amide bonds. The number of hydrogen-bond donors (Lipinski definition) is 0. The van der Waals surface area contributed by atoms with Crippen molar-refractivity contribution in [3.8, 4) is 0 Å². The van der Waals surface area contributed by atoms with E-state index < -0.39 is 35.1 Å². The Morgan fingerprint density at radius 3 is 2.52 bits per heavy atom. The van der Waals surface area contributed by atoms with Crippen LogP contribution >= 0.6 is 0 Å². The maximum Gasteiger partial charge on any atom is 0.247 e. The maximum absolute atomic E-state index is 14.0. The summed E-state index contributed by atoms with van der Waals surface area (Å²) < 4.78 is 27.2. The lowest BCUT2D eigenvalue weighted by molar-refractivity contribution is -0.130. The van der Waals surface area contributed by atoms with Gasteiger partial charge in [0.05, 0.1) is 11.4 Å². The molecule has 1 atom stereocenters. The molecule has 0 radical (unpaired) electrons. The molecule has 2 aromatic rings. The Labute approximate surface area is 155 Å². The van der Waals surface area contributed by atoms with Crippen LogP contribution in [-0.4, -0.2) is 31.7 Å². The summed E-state index contributed by atoms with van der Waals surface area (Å²) in [5.41, 5.74) is 1.29. The summed E-state index contributed by atoms with van der Waals surface area (Å²) in [5.74, 6) is -5.50. The van der Waals surface area contributed by atoms with Crippen LogP contribution in [0, 0.1) is 17.6 Å². The van der Waals surface area contributed by atoms with Crippen molar-refractivity contribution in [3.05, 3.63) is 59.2 Å². The summed E-state index contributed by atoms with van der Waals surface area (Å²) in [4.78, 5) is 40.8. The van der Waals surface area contributed by atoms with Gasteiger partial charge in [0.25, 0.3) is 0 Å². The van der Waals surface area contributed by atoms with Crippen molar-refractivity contribution >= 4 is 29.0 Å². The van der Waals surface area contributed by atoms with Crippen molar-refractivity contribution in [1.82, 2.24) is 0 Å². The Morgan fingerprint density at radius 1 is 1.19 bits per heavy atom. The summed E-state index contributed by atoms with van der Waals surface area (Å²) in [6.07, 6.45) is 0.556. The number of fused-ring (bicyclic) bond motifs is 1. The first-order valence-corrected chi connectivity index (χ1v) is 8.44. The Kier molecular flexibility index (Phi) is 4.78. The number of anilines is 2. The molecule has 3 rings (SSSR count). The number of halogens is 2. The molecule has 0 saturated carbocycles. The lowest BCUT2D eigenvalue weighted by Crippen LogP contribution is -2.50. The number of ketones is 1. The van der Waals surface area contributed by atoms with Gasteiger partial charge in [0.2, 0.25) is 11.8 Å². The predicted molar refractivity (Wildman–Crippen MR) is 96.8 cm³/mol. The van der Waals surface area contributed by atoms with Crippen LogP contribution in [0.1, 0.15) is 22.8 Å². The average Bonchev–Trinajstić information content (AvgIpc) is 2.65. The molecule has 0 aromatic heterocycles. The molecule has 0 spiro atoms. The van der Waals surface area contributed by atoms with E-state index >= 15 is 0 Å².